The molecule has 1 amide bonds. The molecule has 0 aliphatic heterocycles. The molecule has 3 rings (SSSR count). The third-order valence-electron chi connectivity index (χ3n) is 4.31. The molecule has 1 aromatic heterocycles. The molecule has 1 heterocycles. The molecule has 0 saturated heterocycles. The highest BCUT2D eigenvalue weighted by atomic mass is 79.9. The highest BCUT2D eigenvalue weighted by Crippen LogP contribution is 2.29. The van der Waals surface area contributed by atoms with E-state index in [1.807, 2.05) is 13.8 Å². The van der Waals surface area contributed by atoms with Crippen LogP contribution in [0.25, 0.3) is 11.0 Å². The van der Waals surface area contributed by atoms with E-state index < -0.39 is 10.8 Å². The van der Waals surface area contributed by atoms with Gasteiger partial charge in [-0.3, -0.25) is 24.0 Å². The van der Waals surface area contributed by atoms with E-state index in [1.54, 1.807) is 21.3 Å². The highest BCUT2D eigenvalue weighted by Gasteiger charge is 2.17. The first kappa shape index (κ1) is 18.8. The van der Waals surface area contributed by atoms with Gasteiger partial charge in [0.05, 0.1) is 21.6 Å². The van der Waals surface area contributed by atoms with Crippen molar-refractivity contribution in [3.8, 4) is 0 Å². The number of benzene rings is 2. The first-order valence-corrected chi connectivity index (χ1v) is 9.15. The van der Waals surface area contributed by atoms with Gasteiger partial charge < -0.3 is 5.32 Å². The molecule has 9 heteroatoms. The maximum Gasteiger partial charge on any atom is 0.329 e. The van der Waals surface area contributed by atoms with Crippen LogP contribution in [-0.4, -0.2) is 20.0 Å². The molecule has 3 aromatic rings. The fourth-order valence-electron chi connectivity index (χ4n) is 3.00. The van der Waals surface area contributed by atoms with E-state index in [1.165, 1.54) is 24.3 Å². The molecular weight excluding hydrogens is 416 g/mol. The van der Waals surface area contributed by atoms with E-state index in [2.05, 4.69) is 21.2 Å². The number of anilines is 1. The molecule has 140 valence electrons. The summed E-state index contributed by atoms with van der Waals surface area (Å²) in [5, 5.41) is 13.6. The minimum atomic E-state index is -0.549. The Bertz CT molecular complexity index is 1120. The van der Waals surface area contributed by atoms with Crippen LogP contribution in [0.15, 0.2) is 45.7 Å². The summed E-state index contributed by atoms with van der Waals surface area (Å²) in [6.45, 7) is 4.81. The van der Waals surface area contributed by atoms with E-state index in [4.69, 9.17) is 0 Å². The van der Waals surface area contributed by atoms with Gasteiger partial charge in [0.15, 0.2) is 0 Å². The normalized spacial score (nSPS) is 10.9. The predicted molar refractivity (Wildman–Crippen MR) is 106 cm³/mol. The third kappa shape index (κ3) is 3.37. The lowest BCUT2D eigenvalue weighted by Gasteiger charge is -2.09. The minimum absolute atomic E-state index is 0.107. The van der Waals surface area contributed by atoms with Gasteiger partial charge in [-0.2, -0.15) is 0 Å². The zero-order valence-corrected chi connectivity index (χ0v) is 16.3. The number of rotatable bonds is 5. The molecule has 2 aromatic carbocycles. The lowest BCUT2D eigenvalue weighted by molar-refractivity contribution is -0.384. The van der Waals surface area contributed by atoms with E-state index in [9.17, 15) is 19.7 Å². The molecule has 0 aliphatic rings. The molecule has 8 nitrogen and oxygen atoms in total. The van der Waals surface area contributed by atoms with Gasteiger partial charge in [-0.15, -0.1) is 0 Å². The Morgan fingerprint density at radius 1 is 1.15 bits per heavy atom. The van der Waals surface area contributed by atoms with Crippen LogP contribution in [-0.2, 0) is 13.1 Å². The molecule has 0 saturated carbocycles. The summed E-state index contributed by atoms with van der Waals surface area (Å²) in [5.41, 5.74) is 1.87. The van der Waals surface area contributed by atoms with Gasteiger partial charge >= 0.3 is 5.69 Å². The number of carbonyl (C=O) groups is 1. The predicted octanol–water partition coefficient (Wildman–Crippen LogP) is 3.77. The number of hydrogen-bond donors (Lipinski definition) is 1. The molecule has 1 N–H and O–H groups in total. The molecular formula is C18H17BrN4O4. The second-order valence-electron chi connectivity index (χ2n) is 5.85. The van der Waals surface area contributed by atoms with E-state index in [-0.39, 0.29) is 16.9 Å². The molecule has 0 radical (unpaired) electrons. The van der Waals surface area contributed by atoms with Gasteiger partial charge in [0.1, 0.15) is 0 Å². The van der Waals surface area contributed by atoms with Crippen LogP contribution in [0.1, 0.15) is 24.2 Å². The van der Waals surface area contributed by atoms with Crippen molar-refractivity contribution in [3.05, 3.63) is 67.0 Å². The van der Waals surface area contributed by atoms with E-state index >= 15 is 0 Å². The molecule has 0 unspecified atom stereocenters. The molecule has 0 bridgehead atoms. The number of carbonyl (C=O) groups excluding carboxylic acids is 1. The van der Waals surface area contributed by atoms with Crippen molar-refractivity contribution in [2.24, 2.45) is 0 Å². The first-order chi connectivity index (χ1) is 12.9. The number of nitro benzene ring substituents is 1. The summed E-state index contributed by atoms with van der Waals surface area (Å²) in [6.07, 6.45) is 0. The molecule has 0 fully saturated rings. The van der Waals surface area contributed by atoms with Gasteiger partial charge in [0.2, 0.25) is 0 Å². The number of amides is 1. The Morgan fingerprint density at radius 3 is 2.37 bits per heavy atom. The standard InChI is InChI=1S/C18H17BrN4O4/c1-3-21-15-9-13(19)14(10-16(15)22(4-2)18(21)25)20-17(24)11-6-5-7-12(8-11)23(26)27/h5-10H,3-4H2,1-2H3,(H,20,24). The quantitative estimate of drug-likeness (QED) is 0.489. The Hall–Kier alpha value is -2.94. The number of imidazole rings is 1. The van der Waals surface area contributed by atoms with Crippen molar-refractivity contribution in [1.29, 1.82) is 0 Å². The van der Waals surface area contributed by atoms with Gasteiger partial charge in [-0.05, 0) is 48.0 Å². The average Bonchev–Trinajstić information content (AvgIpc) is 2.91. The Labute approximate surface area is 162 Å². The van der Waals surface area contributed by atoms with E-state index in [0.29, 0.717) is 28.8 Å². The lowest BCUT2D eigenvalue weighted by Crippen LogP contribution is -2.23. The summed E-state index contributed by atoms with van der Waals surface area (Å²) in [6, 6.07) is 9.02. The Kier molecular flexibility index (Phi) is 5.13. The Morgan fingerprint density at radius 2 is 1.78 bits per heavy atom. The second-order valence-corrected chi connectivity index (χ2v) is 6.71. The monoisotopic (exact) mass is 432 g/mol. The van der Waals surface area contributed by atoms with Crippen molar-refractivity contribution in [3.63, 3.8) is 0 Å². The maximum absolute atomic E-state index is 12.5. The van der Waals surface area contributed by atoms with Gasteiger partial charge in [-0.1, -0.05) is 6.07 Å². The zero-order chi connectivity index (χ0) is 19.7. The van der Waals surface area contributed by atoms with Crippen LogP contribution in [0.5, 0.6) is 0 Å². The smallest absolute Gasteiger partial charge is 0.321 e. The van der Waals surface area contributed by atoms with Crippen LogP contribution >= 0.6 is 15.9 Å². The van der Waals surface area contributed by atoms with Crippen molar-refractivity contribution < 1.29 is 9.72 Å². The number of halogens is 1. The lowest BCUT2D eigenvalue weighted by atomic mass is 10.2. The summed E-state index contributed by atoms with van der Waals surface area (Å²) >= 11 is 3.43. The number of nitro groups is 1. The summed E-state index contributed by atoms with van der Waals surface area (Å²) in [7, 11) is 0. The van der Waals surface area contributed by atoms with Crippen molar-refractivity contribution in [2.45, 2.75) is 26.9 Å². The van der Waals surface area contributed by atoms with E-state index in [0.717, 1.165) is 5.52 Å². The fraction of sp³-hybridized carbons (Fsp3) is 0.222. The maximum atomic E-state index is 12.5. The topological polar surface area (TPSA) is 99.2 Å². The molecule has 0 atom stereocenters. The molecule has 0 aliphatic carbocycles. The van der Waals surface area contributed by atoms with Crippen LogP contribution in [0, 0.1) is 10.1 Å². The van der Waals surface area contributed by atoms with Crippen molar-refractivity contribution >= 4 is 44.2 Å². The molecule has 27 heavy (non-hydrogen) atoms. The third-order valence-corrected chi connectivity index (χ3v) is 4.96. The van der Waals surface area contributed by atoms with Crippen LogP contribution < -0.4 is 11.0 Å². The first-order valence-electron chi connectivity index (χ1n) is 8.35. The van der Waals surface area contributed by atoms with Crippen molar-refractivity contribution in [1.82, 2.24) is 9.13 Å². The van der Waals surface area contributed by atoms with Crippen LogP contribution in [0.3, 0.4) is 0 Å². The van der Waals surface area contributed by atoms with Crippen molar-refractivity contribution in [2.75, 3.05) is 5.32 Å². The average molecular weight is 433 g/mol. The van der Waals surface area contributed by atoms with Gasteiger partial charge in [0, 0.05) is 35.3 Å². The fourth-order valence-corrected chi connectivity index (χ4v) is 3.43. The number of aromatic nitrogens is 2. The SMILES string of the molecule is CCn1c(=O)n(CC)c2cc(NC(=O)c3cccc([N+](=O)[O-])c3)c(Br)cc21. The number of fused-ring (bicyclic) bond motifs is 1. The number of nitrogens with one attached hydrogen (secondary N) is 1. The number of non-ortho nitro benzene ring substituents is 1. The highest BCUT2D eigenvalue weighted by molar-refractivity contribution is 9.10. The zero-order valence-electron chi connectivity index (χ0n) is 14.7. The largest absolute Gasteiger partial charge is 0.329 e. The van der Waals surface area contributed by atoms with Gasteiger partial charge in [-0.25, -0.2) is 4.79 Å². The van der Waals surface area contributed by atoms with Gasteiger partial charge in [0.25, 0.3) is 11.6 Å². The van der Waals surface area contributed by atoms with Crippen LogP contribution in [0.2, 0.25) is 0 Å². The second kappa shape index (κ2) is 7.36. The number of aryl methyl sites for hydroxylation is 2. The summed E-state index contributed by atoms with van der Waals surface area (Å²) in [5.74, 6) is -0.473. The Balaban J connectivity index is 2.03. The summed E-state index contributed by atoms with van der Waals surface area (Å²) in [4.78, 5) is 35.4. The summed E-state index contributed by atoms with van der Waals surface area (Å²) < 4.78 is 3.91. The number of nitrogens with zero attached hydrogens (tertiary/aromatic N) is 3. The van der Waals surface area contributed by atoms with Crippen LogP contribution in [0.4, 0.5) is 11.4 Å². The minimum Gasteiger partial charge on any atom is -0.321 e. The number of hydrogen-bond acceptors (Lipinski definition) is 4. The molecule has 0 spiro atoms.